The molecule has 0 saturated carbocycles. The molecule has 0 aromatic carbocycles. The molecule has 1 aromatic heterocycles. The molecule has 0 bridgehead atoms. The highest BCUT2D eigenvalue weighted by Gasteiger charge is 2.38. The van der Waals surface area contributed by atoms with E-state index in [1.54, 1.807) is 0 Å². The van der Waals surface area contributed by atoms with Gasteiger partial charge in [0.05, 0.1) is 5.69 Å². The third kappa shape index (κ3) is 5.08. The molecule has 1 N–H and O–H groups in total. The van der Waals surface area contributed by atoms with Gasteiger partial charge in [0, 0.05) is 30.0 Å². The zero-order valence-corrected chi connectivity index (χ0v) is 13.9. The number of nitrogens with one attached hydrogen (secondary N) is 1. The van der Waals surface area contributed by atoms with Crippen molar-refractivity contribution in [3.05, 3.63) is 17.8 Å². The molecule has 1 aliphatic heterocycles. The third-order valence-electron chi connectivity index (χ3n) is 3.21. The summed E-state index contributed by atoms with van der Waals surface area (Å²) in [5.41, 5.74) is 1.09. The molecule has 2 rings (SSSR count). The van der Waals surface area contributed by atoms with E-state index in [4.69, 9.17) is 4.74 Å². The summed E-state index contributed by atoms with van der Waals surface area (Å²) >= 11 is 0. The van der Waals surface area contributed by atoms with Gasteiger partial charge in [-0.1, -0.05) is 13.8 Å². The summed E-state index contributed by atoms with van der Waals surface area (Å²) in [4.78, 5) is 0. The Morgan fingerprint density at radius 3 is 2.05 bits per heavy atom. The Hall–Kier alpha value is -1.16. The highest BCUT2D eigenvalue weighted by Crippen LogP contribution is 2.30. The predicted molar refractivity (Wildman–Crippen MR) is 83.1 cm³/mol. The number of hydrogen-bond donors (Lipinski definition) is 1. The maximum Gasteiger partial charge on any atom is 0.233 e. The summed E-state index contributed by atoms with van der Waals surface area (Å²) in [6.07, 6.45) is 2.14. The number of nitrogens with zero attached hydrogens (tertiary/aromatic N) is 2. The number of hydrogen-bond acceptors (Lipinski definition) is 4. The molecule has 2 heterocycles. The minimum atomic E-state index is 0.0878. The van der Waals surface area contributed by atoms with Gasteiger partial charge in [-0.25, -0.2) is 0 Å². The van der Waals surface area contributed by atoms with Crippen molar-refractivity contribution in [2.75, 3.05) is 0 Å². The van der Waals surface area contributed by atoms with E-state index in [0.717, 1.165) is 18.5 Å². The maximum atomic E-state index is 5.97. The minimum absolute atomic E-state index is 0.0878. The van der Waals surface area contributed by atoms with Crippen LogP contribution in [0.25, 0.3) is 0 Å². The van der Waals surface area contributed by atoms with E-state index in [1.807, 2.05) is 32.9 Å². The number of piperidine rings is 1. The van der Waals surface area contributed by atoms with Crippen molar-refractivity contribution in [2.45, 2.75) is 78.5 Å². The van der Waals surface area contributed by atoms with Gasteiger partial charge < -0.3 is 10.1 Å². The summed E-state index contributed by atoms with van der Waals surface area (Å²) in [6.45, 7) is 14.8. The Kier molecular flexibility index (Phi) is 5.51. The first-order valence-electron chi connectivity index (χ1n) is 7.52. The van der Waals surface area contributed by atoms with Crippen molar-refractivity contribution in [2.24, 2.45) is 0 Å². The quantitative estimate of drug-likeness (QED) is 0.900. The molecule has 0 unspecified atom stereocenters. The zero-order chi connectivity index (χ0) is 15.4. The summed E-state index contributed by atoms with van der Waals surface area (Å²) in [5, 5.41) is 11.7. The third-order valence-corrected chi connectivity index (χ3v) is 3.21. The van der Waals surface area contributed by atoms with E-state index in [0.29, 0.717) is 5.88 Å². The average molecular weight is 279 g/mol. The molecule has 0 atom stereocenters. The maximum absolute atomic E-state index is 5.97. The lowest BCUT2D eigenvalue weighted by atomic mass is 9.81. The second kappa shape index (κ2) is 6.53. The molecule has 4 nitrogen and oxygen atoms in total. The predicted octanol–water partition coefficient (Wildman–Crippen LogP) is 3.50. The molecule has 1 aromatic rings. The van der Waals surface area contributed by atoms with Crippen LogP contribution in [0, 0.1) is 6.92 Å². The lowest BCUT2D eigenvalue weighted by Crippen LogP contribution is -2.60. The molecule has 0 spiro atoms. The van der Waals surface area contributed by atoms with Crippen LogP contribution in [-0.4, -0.2) is 27.4 Å². The molecule has 1 saturated heterocycles. The largest absolute Gasteiger partial charge is 0.473 e. The summed E-state index contributed by atoms with van der Waals surface area (Å²) in [7, 11) is 0. The van der Waals surface area contributed by atoms with Crippen LogP contribution in [0.2, 0.25) is 0 Å². The standard InChI is InChI=1S/C14H23N3O.C2H6/c1-10-6-7-12(16-15-10)18-11-8-13(2,3)17-14(4,5)9-11;1-2/h6-7,11,17H,8-9H2,1-5H3;1-2H3. The van der Waals surface area contributed by atoms with E-state index in [9.17, 15) is 0 Å². The van der Waals surface area contributed by atoms with Gasteiger partial charge >= 0.3 is 0 Å². The molecule has 20 heavy (non-hydrogen) atoms. The fourth-order valence-corrected chi connectivity index (χ4v) is 2.93. The van der Waals surface area contributed by atoms with Gasteiger partial charge in [0.2, 0.25) is 5.88 Å². The number of aryl methyl sites for hydroxylation is 1. The van der Waals surface area contributed by atoms with E-state index < -0.39 is 0 Å². The van der Waals surface area contributed by atoms with E-state index in [1.165, 1.54) is 0 Å². The fraction of sp³-hybridized carbons (Fsp3) is 0.750. The normalized spacial score (nSPS) is 20.8. The molecule has 4 heteroatoms. The molecule has 1 aliphatic rings. The van der Waals surface area contributed by atoms with Gasteiger partial charge in [-0.05, 0) is 40.7 Å². The monoisotopic (exact) mass is 279 g/mol. The number of ether oxygens (including phenoxy) is 1. The summed E-state index contributed by atoms with van der Waals surface area (Å²) in [5.74, 6) is 0.624. The molecular formula is C16H29N3O. The first kappa shape index (κ1) is 16.9. The highest BCUT2D eigenvalue weighted by atomic mass is 16.5. The Bertz CT molecular complexity index is 396. The molecule has 0 radical (unpaired) electrons. The van der Waals surface area contributed by atoms with Gasteiger partial charge in [-0.15, -0.1) is 5.10 Å². The summed E-state index contributed by atoms with van der Waals surface area (Å²) < 4.78 is 5.97. The Morgan fingerprint density at radius 2 is 1.60 bits per heavy atom. The lowest BCUT2D eigenvalue weighted by Gasteiger charge is -2.46. The zero-order valence-electron chi connectivity index (χ0n) is 13.9. The highest BCUT2D eigenvalue weighted by molar-refractivity contribution is 5.11. The second-order valence-corrected chi connectivity index (χ2v) is 6.55. The van der Waals surface area contributed by atoms with Gasteiger partial charge in [0.1, 0.15) is 6.10 Å². The van der Waals surface area contributed by atoms with Gasteiger partial charge in [0.25, 0.3) is 0 Å². The first-order chi connectivity index (χ1) is 9.26. The van der Waals surface area contributed by atoms with Crippen LogP contribution in [0.15, 0.2) is 12.1 Å². The number of rotatable bonds is 2. The van der Waals surface area contributed by atoms with Gasteiger partial charge in [-0.3, -0.25) is 0 Å². The van der Waals surface area contributed by atoms with E-state index >= 15 is 0 Å². The van der Waals surface area contributed by atoms with Gasteiger partial charge in [-0.2, -0.15) is 5.10 Å². The minimum Gasteiger partial charge on any atom is -0.473 e. The van der Waals surface area contributed by atoms with Crippen molar-refractivity contribution in [3.63, 3.8) is 0 Å². The van der Waals surface area contributed by atoms with Crippen LogP contribution in [0.3, 0.4) is 0 Å². The van der Waals surface area contributed by atoms with Crippen molar-refractivity contribution >= 4 is 0 Å². The lowest BCUT2D eigenvalue weighted by molar-refractivity contribution is 0.0523. The van der Waals surface area contributed by atoms with Crippen molar-refractivity contribution in [1.29, 1.82) is 0 Å². The topological polar surface area (TPSA) is 47.0 Å². The SMILES string of the molecule is CC.Cc1ccc(OC2CC(C)(C)NC(C)(C)C2)nn1. The van der Waals surface area contributed by atoms with Crippen LogP contribution >= 0.6 is 0 Å². The molecular weight excluding hydrogens is 250 g/mol. The van der Waals surface area contributed by atoms with Crippen LogP contribution in [0.1, 0.15) is 60.1 Å². The fourth-order valence-electron chi connectivity index (χ4n) is 2.93. The molecule has 0 amide bonds. The Labute approximate surface area is 123 Å². The first-order valence-corrected chi connectivity index (χ1v) is 7.52. The van der Waals surface area contributed by atoms with Crippen LogP contribution in [-0.2, 0) is 0 Å². The van der Waals surface area contributed by atoms with Crippen molar-refractivity contribution in [3.8, 4) is 5.88 Å². The Morgan fingerprint density at radius 1 is 1.05 bits per heavy atom. The molecule has 0 aliphatic carbocycles. The van der Waals surface area contributed by atoms with E-state index in [-0.39, 0.29) is 17.2 Å². The van der Waals surface area contributed by atoms with Gasteiger partial charge in [0.15, 0.2) is 0 Å². The molecule has 1 fully saturated rings. The van der Waals surface area contributed by atoms with Crippen LogP contribution in [0.4, 0.5) is 0 Å². The molecule has 114 valence electrons. The average Bonchev–Trinajstić information content (AvgIpc) is 2.31. The van der Waals surface area contributed by atoms with Crippen LogP contribution in [0.5, 0.6) is 5.88 Å². The van der Waals surface area contributed by atoms with E-state index in [2.05, 4.69) is 43.2 Å². The summed E-state index contributed by atoms with van der Waals surface area (Å²) in [6, 6.07) is 3.82. The number of aromatic nitrogens is 2. The second-order valence-electron chi connectivity index (χ2n) is 6.55. The van der Waals surface area contributed by atoms with Crippen molar-refractivity contribution < 1.29 is 4.74 Å². The smallest absolute Gasteiger partial charge is 0.233 e. The van der Waals surface area contributed by atoms with Crippen LogP contribution < -0.4 is 10.1 Å². The Balaban J connectivity index is 0.000000956. The van der Waals surface area contributed by atoms with Crippen molar-refractivity contribution in [1.82, 2.24) is 15.5 Å².